The van der Waals surface area contributed by atoms with Crippen molar-refractivity contribution in [3.8, 4) is 5.75 Å². The first-order valence-electron chi connectivity index (χ1n) is 11.1. The van der Waals surface area contributed by atoms with Crippen molar-refractivity contribution in [3.05, 3.63) is 58.6 Å². The molecule has 0 aliphatic carbocycles. The Morgan fingerprint density at radius 2 is 1.71 bits per heavy atom. The zero-order valence-corrected chi connectivity index (χ0v) is 19.6. The number of ether oxygens (including phenoxy) is 2. The highest BCUT2D eigenvalue weighted by Gasteiger charge is 2.20. The molecule has 3 rings (SSSR count). The molecule has 2 aromatic carbocycles. The van der Waals surface area contributed by atoms with Crippen LogP contribution in [-0.4, -0.2) is 68.7 Å². The molecule has 0 spiro atoms. The van der Waals surface area contributed by atoms with E-state index in [1.165, 1.54) is 16.8 Å². The Bertz CT molecular complexity index is 805. The summed E-state index contributed by atoms with van der Waals surface area (Å²) in [6.45, 7) is 12.0. The van der Waals surface area contributed by atoms with Crippen LogP contribution in [0.3, 0.4) is 0 Å². The van der Waals surface area contributed by atoms with Crippen LogP contribution in [0, 0.1) is 6.92 Å². The zero-order chi connectivity index (χ0) is 22.2. The van der Waals surface area contributed by atoms with Crippen molar-refractivity contribution in [2.75, 3.05) is 57.4 Å². The summed E-state index contributed by atoms with van der Waals surface area (Å²) >= 11 is 6.16. The third kappa shape index (κ3) is 7.39. The maximum absolute atomic E-state index is 10.3. The van der Waals surface area contributed by atoms with Crippen LogP contribution in [0.4, 0.5) is 5.69 Å². The largest absolute Gasteiger partial charge is 0.491 e. The number of hydrogen-bond donors (Lipinski definition) is 1. The van der Waals surface area contributed by atoms with Gasteiger partial charge in [-0.2, -0.15) is 0 Å². The summed E-state index contributed by atoms with van der Waals surface area (Å²) in [5, 5.41) is 11.1. The van der Waals surface area contributed by atoms with Crippen molar-refractivity contribution in [1.82, 2.24) is 4.90 Å². The topological polar surface area (TPSA) is 45.2 Å². The number of hydrogen-bond acceptors (Lipinski definition) is 5. The summed E-state index contributed by atoms with van der Waals surface area (Å²) in [5.41, 5.74) is 3.74. The van der Waals surface area contributed by atoms with E-state index in [2.05, 4.69) is 48.8 Å². The molecule has 0 amide bonds. The van der Waals surface area contributed by atoms with E-state index in [0.29, 0.717) is 32.3 Å². The van der Waals surface area contributed by atoms with E-state index < -0.39 is 6.10 Å². The van der Waals surface area contributed by atoms with Gasteiger partial charge < -0.3 is 19.5 Å². The van der Waals surface area contributed by atoms with Crippen LogP contribution >= 0.6 is 11.6 Å². The van der Waals surface area contributed by atoms with E-state index in [9.17, 15) is 5.11 Å². The monoisotopic (exact) mass is 446 g/mol. The van der Waals surface area contributed by atoms with Crippen LogP contribution in [0.25, 0.3) is 0 Å². The van der Waals surface area contributed by atoms with Gasteiger partial charge >= 0.3 is 0 Å². The highest BCUT2D eigenvalue weighted by molar-refractivity contribution is 6.30. The van der Waals surface area contributed by atoms with Gasteiger partial charge in [-0.05, 0) is 48.2 Å². The van der Waals surface area contributed by atoms with E-state index in [1.54, 1.807) is 0 Å². The van der Waals surface area contributed by atoms with Crippen LogP contribution in [0.2, 0.25) is 5.02 Å². The second-order valence-corrected chi connectivity index (χ2v) is 8.96. The predicted molar refractivity (Wildman–Crippen MR) is 128 cm³/mol. The van der Waals surface area contributed by atoms with Gasteiger partial charge in [-0.15, -0.1) is 0 Å². The number of piperazine rings is 1. The Kier molecular flexibility index (Phi) is 9.02. The normalized spacial score (nSPS) is 16.0. The Morgan fingerprint density at radius 3 is 2.39 bits per heavy atom. The second-order valence-electron chi connectivity index (χ2n) is 8.52. The average molecular weight is 447 g/mol. The maximum Gasteiger partial charge on any atom is 0.119 e. The van der Waals surface area contributed by atoms with E-state index in [-0.39, 0.29) is 0 Å². The number of benzene rings is 2. The SMILES string of the molecule is Cc1ccc(Cl)cc1N1CCN(CC(O)COCCOc2ccc(C(C)C)cc2)CC1. The number of aliphatic hydroxyl groups is 1. The van der Waals surface area contributed by atoms with E-state index >= 15 is 0 Å². The number of rotatable bonds is 10. The third-order valence-corrected chi connectivity index (χ3v) is 5.94. The van der Waals surface area contributed by atoms with Gasteiger partial charge in [0.05, 0.1) is 19.3 Å². The molecule has 0 bridgehead atoms. The first kappa shape index (κ1) is 23.9. The lowest BCUT2D eigenvalue weighted by molar-refractivity contribution is 0.00718. The van der Waals surface area contributed by atoms with Crippen LogP contribution in [0.1, 0.15) is 30.9 Å². The maximum atomic E-state index is 10.3. The number of aliphatic hydroxyl groups excluding tert-OH is 1. The molecule has 6 heteroatoms. The number of halogens is 1. The molecule has 0 radical (unpaired) electrons. The van der Waals surface area contributed by atoms with Crippen molar-refractivity contribution in [1.29, 1.82) is 0 Å². The van der Waals surface area contributed by atoms with Crippen molar-refractivity contribution >= 4 is 17.3 Å². The fourth-order valence-corrected chi connectivity index (χ4v) is 4.00. The molecule has 1 fully saturated rings. The Balaban J connectivity index is 1.30. The highest BCUT2D eigenvalue weighted by atomic mass is 35.5. The first-order chi connectivity index (χ1) is 14.9. The molecule has 1 aliphatic rings. The Morgan fingerprint density at radius 1 is 1.00 bits per heavy atom. The second kappa shape index (κ2) is 11.7. The lowest BCUT2D eigenvalue weighted by Crippen LogP contribution is -2.49. The zero-order valence-electron chi connectivity index (χ0n) is 18.9. The quantitative estimate of drug-likeness (QED) is 0.550. The summed E-state index contributed by atoms with van der Waals surface area (Å²) < 4.78 is 11.3. The van der Waals surface area contributed by atoms with Gasteiger partial charge in [0.1, 0.15) is 12.4 Å². The van der Waals surface area contributed by atoms with Gasteiger partial charge in [-0.1, -0.05) is 43.6 Å². The smallest absolute Gasteiger partial charge is 0.119 e. The summed E-state index contributed by atoms with van der Waals surface area (Å²) in [5.74, 6) is 1.36. The van der Waals surface area contributed by atoms with E-state index in [0.717, 1.165) is 37.0 Å². The van der Waals surface area contributed by atoms with Crippen molar-refractivity contribution < 1.29 is 14.6 Å². The highest BCUT2D eigenvalue weighted by Crippen LogP contribution is 2.25. The van der Waals surface area contributed by atoms with E-state index in [1.807, 2.05) is 24.3 Å². The van der Waals surface area contributed by atoms with E-state index in [4.69, 9.17) is 21.1 Å². The van der Waals surface area contributed by atoms with Crippen molar-refractivity contribution in [2.24, 2.45) is 0 Å². The number of aryl methyl sites for hydroxylation is 1. The molecule has 1 aliphatic heterocycles. The lowest BCUT2D eigenvalue weighted by Gasteiger charge is -2.37. The van der Waals surface area contributed by atoms with Crippen LogP contribution in [0.5, 0.6) is 5.75 Å². The molecule has 1 N–H and O–H groups in total. The molecule has 5 nitrogen and oxygen atoms in total. The van der Waals surface area contributed by atoms with Crippen molar-refractivity contribution in [2.45, 2.75) is 32.8 Å². The first-order valence-corrected chi connectivity index (χ1v) is 11.5. The minimum absolute atomic E-state index is 0.323. The van der Waals surface area contributed by atoms with Crippen molar-refractivity contribution in [3.63, 3.8) is 0 Å². The molecule has 170 valence electrons. The lowest BCUT2D eigenvalue weighted by atomic mass is 10.0. The van der Waals surface area contributed by atoms with Crippen LogP contribution < -0.4 is 9.64 Å². The molecule has 1 unspecified atom stereocenters. The molecule has 1 heterocycles. The molecule has 31 heavy (non-hydrogen) atoms. The summed E-state index contributed by atoms with van der Waals surface area (Å²) in [4.78, 5) is 4.66. The Hall–Kier alpha value is -1.79. The van der Waals surface area contributed by atoms with Gasteiger partial charge in [0, 0.05) is 43.4 Å². The number of β-amino-alcohol motifs (C(OH)–C–C–N with tert-alkyl or cyclic N) is 1. The predicted octanol–water partition coefficient (Wildman–Crippen LogP) is 4.35. The third-order valence-electron chi connectivity index (χ3n) is 5.71. The molecule has 0 aromatic heterocycles. The number of nitrogens with zero attached hydrogens (tertiary/aromatic N) is 2. The average Bonchev–Trinajstić information content (AvgIpc) is 2.76. The molecular weight excluding hydrogens is 412 g/mol. The minimum Gasteiger partial charge on any atom is -0.491 e. The molecular formula is C25H35ClN2O3. The Labute approximate surface area is 191 Å². The van der Waals surface area contributed by atoms with Gasteiger partial charge in [0.2, 0.25) is 0 Å². The van der Waals surface area contributed by atoms with Gasteiger partial charge in [0.25, 0.3) is 0 Å². The number of anilines is 1. The van der Waals surface area contributed by atoms with Gasteiger partial charge in [-0.3, -0.25) is 4.90 Å². The van der Waals surface area contributed by atoms with Gasteiger partial charge in [0.15, 0.2) is 0 Å². The summed E-state index contributed by atoms with van der Waals surface area (Å²) in [7, 11) is 0. The fourth-order valence-electron chi connectivity index (χ4n) is 3.83. The van der Waals surface area contributed by atoms with Crippen LogP contribution in [0.15, 0.2) is 42.5 Å². The fraction of sp³-hybridized carbons (Fsp3) is 0.520. The standard InChI is InChI=1S/C25H35ClN2O3/c1-19(2)21-5-8-24(9-6-21)31-15-14-30-18-23(29)17-27-10-12-28(13-11-27)25-16-22(26)7-4-20(25)3/h4-9,16,19,23,29H,10-15,17-18H2,1-3H3. The summed E-state index contributed by atoms with van der Waals surface area (Å²) in [6.07, 6.45) is -0.496. The molecule has 2 aromatic rings. The summed E-state index contributed by atoms with van der Waals surface area (Å²) in [6, 6.07) is 14.2. The molecule has 0 saturated carbocycles. The minimum atomic E-state index is -0.496. The van der Waals surface area contributed by atoms with Crippen LogP contribution in [-0.2, 0) is 4.74 Å². The van der Waals surface area contributed by atoms with Gasteiger partial charge in [-0.25, -0.2) is 0 Å². The molecule has 1 atom stereocenters. The molecule has 1 saturated heterocycles.